The quantitative estimate of drug-likeness (QED) is 0.844. The van der Waals surface area contributed by atoms with Crippen LogP contribution in [0.1, 0.15) is 45.1 Å². The molecule has 1 saturated carbocycles. The number of benzene rings is 1. The first-order valence-corrected chi connectivity index (χ1v) is 8.21. The monoisotopic (exact) mass is 288 g/mol. The zero-order valence-electron chi connectivity index (χ0n) is 13.3. The molecule has 1 aliphatic carbocycles. The van der Waals surface area contributed by atoms with Crippen LogP contribution in [-0.2, 0) is 11.3 Å². The van der Waals surface area contributed by atoms with E-state index in [2.05, 4.69) is 24.5 Å². The smallest absolute Gasteiger partial charge is 0.234 e. The van der Waals surface area contributed by atoms with Gasteiger partial charge in [0.25, 0.3) is 0 Å². The molecule has 0 aromatic heterocycles. The molecule has 0 heterocycles. The predicted molar refractivity (Wildman–Crippen MR) is 86.9 cm³/mol. The molecule has 1 fully saturated rings. The minimum absolute atomic E-state index is 0.0898. The van der Waals surface area contributed by atoms with Crippen LogP contribution < -0.4 is 10.6 Å². The van der Waals surface area contributed by atoms with Gasteiger partial charge >= 0.3 is 0 Å². The summed E-state index contributed by atoms with van der Waals surface area (Å²) in [5, 5.41) is 6.46. The van der Waals surface area contributed by atoms with Crippen molar-refractivity contribution in [2.45, 2.75) is 52.1 Å². The molecule has 0 saturated heterocycles. The Labute approximate surface area is 128 Å². The van der Waals surface area contributed by atoms with Crippen LogP contribution in [0.4, 0.5) is 0 Å². The van der Waals surface area contributed by atoms with E-state index in [-0.39, 0.29) is 5.91 Å². The fraction of sp³-hybridized carbons (Fsp3) is 0.611. The van der Waals surface area contributed by atoms with Gasteiger partial charge in [-0.1, -0.05) is 57.0 Å². The summed E-state index contributed by atoms with van der Waals surface area (Å²) in [6.07, 6.45) is 5.11. The Kier molecular flexibility index (Phi) is 6.24. The highest BCUT2D eigenvalue weighted by Crippen LogP contribution is 2.29. The van der Waals surface area contributed by atoms with Crippen LogP contribution in [0.25, 0.3) is 0 Å². The molecule has 1 amide bonds. The first-order chi connectivity index (χ1) is 10.2. The molecule has 1 aromatic rings. The van der Waals surface area contributed by atoms with Crippen LogP contribution in [0.15, 0.2) is 30.3 Å². The van der Waals surface area contributed by atoms with Crippen molar-refractivity contribution in [2.24, 2.45) is 11.8 Å². The van der Waals surface area contributed by atoms with Gasteiger partial charge < -0.3 is 10.6 Å². The van der Waals surface area contributed by atoms with Gasteiger partial charge in [0, 0.05) is 12.6 Å². The molecule has 1 aliphatic rings. The standard InChI is InChI=1S/C18H28N2O/c1-14(2)16-10-6-7-11-17(16)19-13-18(21)20-12-15-8-4-3-5-9-15/h3-5,8-9,14,16-17,19H,6-7,10-13H2,1-2H3,(H,20,21)/t16-,17-/m1/s1. The molecule has 3 heteroatoms. The third-order valence-electron chi connectivity index (χ3n) is 4.53. The van der Waals surface area contributed by atoms with Crippen LogP contribution in [0.5, 0.6) is 0 Å². The Morgan fingerprint density at radius 1 is 1.19 bits per heavy atom. The summed E-state index contributed by atoms with van der Waals surface area (Å²) in [5.74, 6) is 1.49. The molecule has 116 valence electrons. The number of nitrogens with one attached hydrogen (secondary N) is 2. The molecule has 3 nitrogen and oxygen atoms in total. The predicted octanol–water partition coefficient (Wildman–Crippen LogP) is 3.11. The van der Waals surface area contributed by atoms with Gasteiger partial charge in [-0.05, 0) is 30.2 Å². The maximum atomic E-state index is 12.0. The van der Waals surface area contributed by atoms with Crippen molar-refractivity contribution in [3.8, 4) is 0 Å². The van der Waals surface area contributed by atoms with Gasteiger partial charge in [0.15, 0.2) is 0 Å². The summed E-state index contributed by atoms with van der Waals surface area (Å²) >= 11 is 0. The molecular weight excluding hydrogens is 260 g/mol. The average molecular weight is 288 g/mol. The molecule has 2 N–H and O–H groups in total. The van der Waals surface area contributed by atoms with Gasteiger partial charge in [0.05, 0.1) is 6.54 Å². The normalized spacial score (nSPS) is 22.2. The van der Waals surface area contributed by atoms with Crippen molar-refractivity contribution < 1.29 is 4.79 Å². The van der Waals surface area contributed by atoms with E-state index < -0.39 is 0 Å². The van der Waals surface area contributed by atoms with E-state index in [0.29, 0.717) is 31.0 Å². The Morgan fingerprint density at radius 2 is 1.90 bits per heavy atom. The highest BCUT2D eigenvalue weighted by molar-refractivity contribution is 5.78. The van der Waals surface area contributed by atoms with E-state index in [1.807, 2.05) is 30.3 Å². The van der Waals surface area contributed by atoms with Crippen LogP contribution in [0.2, 0.25) is 0 Å². The lowest BCUT2D eigenvalue weighted by Gasteiger charge is -2.35. The average Bonchev–Trinajstić information content (AvgIpc) is 2.52. The molecular formula is C18H28N2O. The first kappa shape index (κ1) is 16.0. The van der Waals surface area contributed by atoms with Gasteiger partial charge in [0.2, 0.25) is 5.91 Å². The summed E-state index contributed by atoms with van der Waals surface area (Å²) in [6, 6.07) is 10.5. The number of amides is 1. The zero-order valence-corrected chi connectivity index (χ0v) is 13.3. The Morgan fingerprint density at radius 3 is 2.62 bits per heavy atom. The Hall–Kier alpha value is -1.35. The number of carbonyl (C=O) groups excluding carboxylic acids is 1. The van der Waals surface area contributed by atoms with E-state index >= 15 is 0 Å². The highest BCUT2D eigenvalue weighted by Gasteiger charge is 2.27. The molecule has 2 rings (SSSR count). The second kappa shape index (κ2) is 8.18. The second-order valence-corrected chi connectivity index (χ2v) is 6.44. The maximum Gasteiger partial charge on any atom is 0.234 e. The summed E-state index contributed by atoms with van der Waals surface area (Å²) in [7, 11) is 0. The minimum Gasteiger partial charge on any atom is -0.351 e. The number of hydrogen-bond acceptors (Lipinski definition) is 2. The third-order valence-corrected chi connectivity index (χ3v) is 4.53. The van der Waals surface area contributed by atoms with Crippen LogP contribution in [0, 0.1) is 11.8 Å². The van der Waals surface area contributed by atoms with Crippen LogP contribution in [0.3, 0.4) is 0 Å². The second-order valence-electron chi connectivity index (χ2n) is 6.44. The van der Waals surface area contributed by atoms with Gasteiger partial charge in [-0.25, -0.2) is 0 Å². The topological polar surface area (TPSA) is 41.1 Å². The fourth-order valence-electron chi connectivity index (χ4n) is 3.29. The lowest BCUT2D eigenvalue weighted by molar-refractivity contribution is -0.120. The molecule has 0 bridgehead atoms. The molecule has 0 spiro atoms. The lowest BCUT2D eigenvalue weighted by atomic mass is 9.78. The molecule has 1 aromatic carbocycles. The summed E-state index contributed by atoms with van der Waals surface area (Å²) in [5.41, 5.74) is 1.14. The van der Waals surface area contributed by atoms with E-state index in [4.69, 9.17) is 0 Å². The van der Waals surface area contributed by atoms with Crippen molar-refractivity contribution in [2.75, 3.05) is 6.54 Å². The van der Waals surface area contributed by atoms with Crippen molar-refractivity contribution in [3.63, 3.8) is 0 Å². The molecule has 0 unspecified atom stereocenters. The highest BCUT2D eigenvalue weighted by atomic mass is 16.1. The number of rotatable bonds is 6. The van der Waals surface area contributed by atoms with Crippen molar-refractivity contribution in [1.29, 1.82) is 0 Å². The van der Waals surface area contributed by atoms with Gasteiger partial charge in [0.1, 0.15) is 0 Å². The number of carbonyl (C=O) groups is 1. The largest absolute Gasteiger partial charge is 0.351 e. The number of hydrogen-bond donors (Lipinski definition) is 2. The van der Waals surface area contributed by atoms with Gasteiger partial charge in [-0.3, -0.25) is 4.79 Å². The maximum absolute atomic E-state index is 12.0. The zero-order chi connectivity index (χ0) is 15.1. The van der Waals surface area contributed by atoms with E-state index in [1.165, 1.54) is 25.7 Å². The minimum atomic E-state index is 0.0898. The molecule has 0 aliphatic heterocycles. The first-order valence-electron chi connectivity index (χ1n) is 8.21. The third kappa shape index (κ3) is 5.16. The molecule has 0 radical (unpaired) electrons. The van der Waals surface area contributed by atoms with Gasteiger partial charge in [-0.2, -0.15) is 0 Å². The SMILES string of the molecule is CC(C)[C@H]1CCCC[C@H]1NCC(=O)NCc1ccccc1. The molecule has 2 atom stereocenters. The van der Waals surface area contributed by atoms with E-state index in [1.54, 1.807) is 0 Å². The van der Waals surface area contributed by atoms with Gasteiger partial charge in [-0.15, -0.1) is 0 Å². The summed E-state index contributed by atoms with van der Waals surface area (Å²) in [6.45, 7) is 5.63. The van der Waals surface area contributed by atoms with Crippen LogP contribution in [-0.4, -0.2) is 18.5 Å². The summed E-state index contributed by atoms with van der Waals surface area (Å²) < 4.78 is 0. The van der Waals surface area contributed by atoms with E-state index in [9.17, 15) is 4.79 Å². The lowest BCUT2D eigenvalue weighted by Crippen LogP contribution is -2.45. The van der Waals surface area contributed by atoms with E-state index in [0.717, 1.165) is 5.56 Å². The van der Waals surface area contributed by atoms with Crippen molar-refractivity contribution in [3.05, 3.63) is 35.9 Å². The van der Waals surface area contributed by atoms with Crippen molar-refractivity contribution in [1.82, 2.24) is 10.6 Å². The summed E-state index contributed by atoms with van der Waals surface area (Å²) in [4.78, 5) is 12.0. The van der Waals surface area contributed by atoms with Crippen molar-refractivity contribution >= 4 is 5.91 Å². The van der Waals surface area contributed by atoms with Crippen LogP contribution >= 0.6 is 0 Å². The Balaban J connectivity index is 1.72. The molecule has 21 heavy (non-hydrogen) atoms. The fourth-order valence-corrected chi connectivity index (χ4v) is 3.29. The Bertz CT molecular complexity index is 430.